The van der Waals surface area contributed by atoms with Gasteiger partial charge in [-0.2, -0.15) is 5.10 Å². The van der Waals surface area contributed by atoms with Gasteiger partial charge in [0.2, 0.25) is 0 Å². The molecule has 0 saturated heterocycles. The first kappa shape index (κ1) is 9.21. The van der Waals surface area contributed by atoms with Gasteiger partial charge in [0.25, 0.3) is 0 Å². The second-order valence-electron chi connectivity index (χ2n) is 3.45. The lowest BCUT2D eigenvalue weighted by atomic mass is 10.1. The molecule has 0 bridgehead atoms. The maximum Gasteiger partial charge on any atom is 0.0711 e. The van der Waals surface area contributed by atoms with Gasteiger partial charge < -0.3 is 5.11 Å². The number of hydrogen-bond donors (Lipinski definition) is 1. The van der Waals surface area contributed by atoms with Crippen molar-refractivity contribution in [3.63, 3.8) is 0 Å². The number of hydrogen-bond acceptors (Lipinski definition) is 2. The van der Waals surface area contributed by atoms with Crippen molar-refractivity contribution < 1.29 is 5.11 Å². The molecular formula is C11H14N2O. The van der Waals surface area contributed by atoms with Crippen LogP contribution in [0.3, 0.4) is 0 Å². The lowest BCUT2D eigenvalue weighted by Gasteiger charge is -2.03. The van der Waals surface area contributed by atoms with Gasteiger partial charge >= 0.3 is 0 Å². The molecule has 0 aliphatic heterocycles. The van der Waals surface area contributed by atoms with Crippen LogP contribution in [0.4, 0.5) is 0 Å². The molecule has 0 radical (unpaired) electrons. The van der Waals surface area contributed by atoms with Crippen molar-refractivity contribution in [1.82, 2.24) is 9.78 Å². The largest absolute Gasteiger partial charge is 0.396 e. The quantitative estimate of drug-likeness (QED) is 0.796. The maximum atomic E-state index is 8.80. The van der Waals surface area contributed by atoms with E-state index >= 15 is 0 Å². The molecule has 0 saturated carbocycles. The number of aliphatic hydroxyl groups excluding tert-OH is 1. The van der Waals surface area contributed by atoms with Crippen LogP contribution in [0.1, 0.15) is 12.0 Å². The number of aliphatic hydroxyl groups is 1. The fourth-order valence-electron chi connectivity index (χ4n) is 1.79. The summed E-state index contributed by atoms with van der Waals surface area (Å²) in [4.78, 5) is 0. The van der Waals surface area contributed by atoms with E-state index < -0.39 is 0 Å². The lowest BCUT2D eigenvalue weighted by Crippen LogP contribution is -1.96. The molecule has 0 aliphatic carbocycles. The molecule has 0 aliphatic rings. The van der Waals surface area contributed by atoms with Gasteiger partial charge in [-0.1, -0.05) is 18.2 Å². The van der Waals surface area contributed by atoms with Crippen molar-refractivity contribution >= 4 is 10.9 Å². The van der Waals surface area contributed by atoms with Crippen LogP contribution in [-0.4, -0.2) is 21.5 Å². The highest BCUT2D eigenvalue weighted by atomic mass is 16.2. The SMILES string of the molecule is Cn1ncc2cccc(CCCO)c21. The van der Waals surface area contributed by atoms with Crippen LogP contribution in [0.5, 0.6) is 0 Å². The van der Waals surface area contributed by atoms with Gasteiger partial charge in [-0.25, -0.2) is 0 Å². The van der Waals surface area contributed by atoms with Crippen LogP contribution in [0, 0.1) is 0 Å². The molecule has 0 unspecified atom stereocenters. The summed E-state index contributed by atoms with van der Waals surface area (Å²) < 4.78 is 1.89. The lowest BCUT2D eigenvalue weighted by molar-refractivity contribution is 0.288. The van der Waals surface area contributed by atoms with E-state index in [4.69, 9.17) is 5.11 Å². The highest BCUT2D eigenvalue weighted by Gasteiger charge is 2.04. The van der Waals surface area contributed by atoms with Crippen molar-refractivity contribution in [2.45, 2.75) is 12.8 Å². The predicted molar refractivity (Wildman–Crippen MR) is 56.1 cm³/mol. The minimum Gasteiger partial charge on any atom is -0.396 e. The van der Waals surface area contributed by atoms with Crippen molar-refractivity contribution in [1.29, 1.82) is 0 Å². The molecule has 1 heterocycles. The zero-order valence-electron chi connectivity index (χ0n) is 8.27. The number of aromatic nitrogens is 2. The highest BCUT2D eigenvalue weighted by molar-refractivity contribution is 5.81. The molecule has 74 valence electrons. The van der Waals surface area contributed by atoms with E-state index in [2.05, 4.69) is 17.2 Å². The van der Waals surface area contributed by atoms with Gasteiger partial charge in [0, 0.05) is 19.0 Å². The first-order chi connectivity index (χ1) is 6.83. The second-order valence-corrected chi connectivity index (χ2v) is 3.45. The van der Waals surface area contributed by atoms with Crippen LogP contribution in [0.25, 0.3) is 10.9 Å². The average molecular weight is 190 g/mol. The first-order valence-corrected chi connectivity index (χ1v) is 4.83. The standard InChI is InChI=1S/C11H14N2O/c1-13-11-9(6-3-7-14)4-2-5-10(11)8-12-13/h2,4-5,8,14H,3,6-7H2,1H3. The molecule has 0 fully saturated rings. The van der Waals surface area contributed by atoms with E-state index in [1.807, 2.05) is 24.0 Å². The molecule has 0 spiro atoms. The summed E-state index contributed by atoms with van der Waals surface area (Å²) in [5.41, 5.74) is 2.44. The minimum absolute atomic E-state index is 0.244. The summed E-state index contributed by atoms with van der Waals surface area (Å²) in [5, 5.41) is 14.2. The predicted octanol–water partition coefficient (Wildman–Crippen LogP) is 1.50. The van der Waals surface area contributed by atoms with Gasteiger partial charge in [0.15, 0.2) is 0 Å². The summed E-state index contributed by atoms with van der Waals surface area (Å²) in [7, 11) is 1.95. The van der Waals surface area contributed by atoms with E-state index in [1.54, 1.807) is 0 Å². The van der Waals surface area contributed by atoms with E-state index in [-0.39, 0.29) is 6.61 Å². The van der Waals surface area contributed by atoms with E-state index in [1.165, 1.54) is 16.5 Å². The molecule has 3 nitrogen and oxygen atoms in total. The van der Waals surface area contributed by atoms with Gasteiger partial charge in [0.05, 0.1) is 11.7 Å². The van der Waals surface area contributed by atoms with Gasteiger partial charge in [-0.15, -0.1) is 0 Å². The number of nitrogens with zero attached hydrogens (tertiary/aromatic N) is 2. The van der Waals surface area contributed by atoms with Crippen LogP contribution in [0.15, 0.2) is 24.4 Å². The van der Waals surface area contributed by atoms with Crippen LogP contribution >= 0.6 is 0 Å². The summed E-state index contributed by atoms with van der Waals surface area (Å²) in [6.45, 7) is 0.244. The average Bonchev–Trinajstić information content (AvgIpc) is 2.58. The zero-order chi connectivity index (χ0) is 9.97. The van der Waals surface area contributed by atoms with Gasteiger partial charge in [0.1, 0.15) is 0 Å². The van der Waals surface area contributed by atoms with Crippen LogP contribution in [0.2, 0.25) is 0 Å². The third-order valence-electron chi connectivity index (χ3n) is 2.45. The third kappa shape index (κ3) is 1.51. The molecular weight excluding hydrogens is 176 g/mol. The second kappa shape index (κ2) is 3.80. The Labute approximate surface area is 83.0 Å². The van der Waals surface area contributed by atoms with E-state index in [0.29, 0.717) is 0 Å². The molecule has 0 atom stereocenters. The normalized spacial score (nSPS) is 11.0. The summed E-state index contributed by atoms with van der Waals surface area (Å²) in [5.74, 6) is 0. The van der Waals surface area contributed by atoms with E-state index in [9.17, 15) is 0 Å². The molecule has 1 aromatic carbocycles. The first-order valence-electron chi connectivity index (χ1n) is 4.83. The summed E-state index contributed by atoms with van der Waals surface area (Å²) >= 11 is 0. The number of fused-ring (bicyclic) bond motifs is 1. The zero-order valence-corrected chi connectivity index (χ0v) is 8.27. The molecule has 3 heteroatoms. The number of para-hydroxylation sites is 1. The third-order valence-corrected chi connectivity index (χ3v) is 2.45. The Morgan fingerprint density at radius 1 is 1.43 bits per heavy atom. The summed E-state index contributed by atoms with van der Waals surface area (Å²) in [6.07, 6.45) is 3.59. The smallest absolute Gasteiger partial charge is 0.0711 e. The Hall–Kier alpha value is -1.35. The molecule has 1 N–H and O–H groups in total. The van der Waals surface area contributed by atoms with Gasteiger partial charge in [-0.05, 0) is 18.4 Å². The maximum absolute atomic E-state index is 8.80. The fraction of sp³-hybridized carbons (Fsp3) is 0.364. The Morgan fingerprint density at radius 3 is 3.07 bits per heavy atom. The van der Waals surface area contributed by atoms with E-state index in [0.717, 1.165) is 12.8 Å². The van der Waals surface area contributed by atoms with Crippen LogP contribution < -0.4 is 0 Å². The molecule has 2 aromatic rings. The molecule has 14 heavy (non-hydrogen) atoms. The Morgan fingerprint density at radius 2 is 2.29 bits per heavy atom. The number of aryl methyl sites for hydroxylation is 2. The summed E-state index contributed by atoms with van der Waals surface area (Å²) in [6, 6.07) is 6.20. The minimum atomic E-state index is 0.244. The topological polar surface area (TPSA) is 38.0 Å². The monoisotopic (exact) mass is 190 g/mol. The Kier molecular flexibility index (Phi) is 2.50. The van der Waals surface area contributed by atoms with Crippen LogP contribution in [-0.2, 0) is 13.5 Å². The van der Waals surface area contributed by atoms with Crippen molar-refractivity contribution in [2.75, 3.05) is 6.61 Å². The van der Waals surface area contributed by atoms with Crippen molar-refractivity contribution in [2.24, 2.45) is 7.05 Å². The molecule has 2 rings (SSSR count). The Balaban J connectivity index is 2.46. The molecule has 0 amide bonds. The van der Waals surface area contributed by atoms with Crippen molar-refractivity contribution in [3.8, 4) is 0 Å². The Bertz CT molecular complexity index is 434. The van der Waals surface area contributed by atoms with Crippen molar-refractivity contribution in [3.05, 3.63) is 30.0 Å². The highest BCUT2D eigenvalue weighted by Crippen LogP contribution is 2.18. The fourth-order valence-corrected chi connectivity index (χ4v) is 1.79. The number of rotatable bonds is 3. The number of benzene rings is 1. The van der Waals surface area contributed by atoms with Gasteiger partial charge in [-0.3, -0.25) is 4.68 Å². The molecule has 1 aromatic heterocycles.